The second-order valence-electron chi connectivity index (χ2n) is 4.70. The van der Waals surface area contributed by atoms with E-state index in [4.69, 9.17) is 4.98 Å². The summed E-state index contributed by atoms with van der Waals surface area (Å²) >= 11 is 1.86. The fourth-order valence-corrected chi connectivity index (χ4v) is 3.40. The summed E-state index contributed by atoms with van der Waals surface area (Å²) in [6.45, 7) is 7.75. The van der Waals surface area contributed by atoms with Crippen LogP contribution in [0.5, 0.6) is 0 Å². The zero-order valence-corrected chi connectivity index (χ0v) is 12.9. The van der Waals surface area contributed by atoms with E-state index in [1.807, 2.05) is 25.2 Å². The lowest BCUT2D eigenvalue weighted by Gasteiger charge is -2.12. The molecule has 3 rings (SSSR count). The number of hydrogen-bond donors (Lipinski definition) is 0. The first-order valence-corrected chi connectivity index (χ1v) is 8.28. The number of aromatic nitrogens is 1. The third kappa shape index (κ3) is 4.02. The Balaban J connectivity index is 0.000000637. The van der Waals surface area contributed by atoms with Crippen LogP contribution in [0.3, 0.4) is 0 Å². The maximum Gasteiger partial charge on any atom is 0.0951 e. The van der Waals surface area contributed by atoms with Crippen LogP contribution in [0.15, 0.2) is 12.2 Å². The van der Waals surface area contributed by atoms with Crippen LogP contribution < -0.4 is 0 Å². The molecular formula is C16H24N2S. The molecule has 1 saturated heterocycles. The minimum absolute atomic E-state index is 1.03. The molecule has 0 amide bonds. The molecule has 0 aromatic carbocycles. The van der Waals surface area contributed by atoms with Crippen molar-refractivity contribution in [3.8, 4) is 0 Å². The van der Waals surface area contributed by atoms with Gasteiger partial charge in [0.2, 0.25) is 0 Å². The fraction of sp³-hybridized carbons (Fsp3) is 0.562. The number of nitrogens with zero attached hydrogens (tertiary/aromatic N) is 2. The Morgan fingerprint density at radius 3 is 2.68 bits per heavy atom. The maximum absolute atomic E-state index is 4.73. The average molecular weight is 276 g/mol. The molecular weight excluding hydrogens is 252 g/mol. The van der Waals surface area contributed by atoms with E-state index in [-0.39, 0.29) is 0 Å². The Labute approximate surface area is 120 Å². The quantitative estimate of drug-likeness (QED) is 0.821. The van der Waals surface area contributed by atoms with E-state index < -0.39 is 0 Å². The van der Waals surface area contributed by atoms with Gasteiger partial charge < -0.3 is 4.90 Å². The standard InChI is InChI=1S/C14H18N2S.C2H6/c1-2-6-12-13(7-3-1)17-14(15-12)8-11-16-9-4-5-10-16;1-2/h2-3,6-7H,1,4-5,8-11H2;1-2H3. The van der Waals surface area contributed by atoms with E-state index in [0.29, 0.717) is 0 Å². The first-order valence-electron chi connectivity index (χ1n) is 7.47. The van der Waals surface area contributed by atoms with E-state index >= 15 is 0 Å². The molecule has 0 spiro atoms. The lowest BCUT2D eigenvalue weighted by Crippen LogP contribution is -2.21. The van der Waals surface area contributed by atoms with Gasteiger partial charge in [0.1, 0.15) is 0 Å². The molecule has 0 N–H and O–H groups in total. The molecule has 19 heavy (non-hydrogen) atoms. The van der Waals surface area contributed by atoms with E-state index in [2.05, 4.69) is 29.2 Å². The highest BCUT2D eigenvalue weighted by atomic mass is 32.1. The van der Waals surface area contributed by atoms with Gasteiger partial charge in [-0.25, -0.2) is 4.98 Å². The third-order valence-electron chi connectivity index (χ3n) is 3.38. The van der Waals surface area contributed by atoms with Crippen LogP contribution >= 0.6 is 11.3 Å². The number of hydrogen-bond acceptors (Lipinski definition) is 3. The largest absolute Gasteiger partial charge is 0.303 e. The van der Waals surface area contributed by atoms with Gasteiger partial charge in [0.15, 0.2) is 0 Å². The minimum Gasteiger partial charge on any atom is -0.303 e. The van der Waals surface area contributed by atoms with Crippen molar-refractivity contribution in [2.75, 3.05) is 19.6 Å². The molecule has 1 aliphatic carbocycles. The topological polar surface area (TPSA) is 16.1 Å². The van der Waals surface area contributed by atoms with Crippen molar-refractivity contribution < 1.29 is 0 Å². The summed E-state index contributed by atoms with van der Waals surface area (Å²) in [4.78, 5) is 8.61. The molecule has 0 atom stereocenters. The Morgan fingerprint density at radius 2 is 1.89 bits per heavy atom. The number of fused-ring (bicyclic) bond motifs is 1. The van der Waals surface area contributed by atoms with Crippen molar-refractivity contribution in [2.45, 2.75) is 39.5 Å². The first kappa shape index (κ1) is 14.5. The van der Waals surface area contributed by atoms with Gasteiger partial charge >= 0.3 is 0 Å². The van der Waals surface area contributed by atoms with E-state index in [1.54, 1.807) is 0 Å². The highest BCUT2D eigenvalue weighted by Gasteiger charge is 2.13. The van der Waals surface area contributed by atoms with Gasteiger partial charge in [-0.2, -0.15) is 0 Å². The Hall–Kier alpha value is -0.930. The molecule has 1 aliphatic heterocycles. The Morgan fingerprint density at radius 1 is 1.16 bits per heavy atom. The second-order valence-corrected chi connectivity index (χ2v) is 5.81. The van der Waals surface area contributed by atoms with Crippen LogP contribution in [0, 0.1) is 0 Å². The maximum atomic E-state index is 4.73. The summed E-state index contributed by atoms with van der Waals surface area (Å²) in [6, 6.07) is 0. The number of allylic oxidation sites excluding steroid dienone is 2. The van der Waals surface area contributed by atoms with Crippen LogP contribution in [0.25, 0.3) is 12.2 Å². The first-order chi connectivity index (χ1) is 9.42. The molecule has 0 bridgehead atoms. The van der Waals surface area contributed by atoms with Crippen LogP contribution in [-0.2, 0) is 6.42 Å². The molecule has 2 aliphatic rings. The third-order valence-corrected chi connectivity index (χ3v) is 4.48. The van der Waals surface area contributed by atoms with Crippen LogP contribution in [0.1, 0.15) is 48.7 Å². The van der Waals surface area contributed by atoms with E-state index in [0.717, 1.165) is 12.8 Å². The highest BCUT2D eigenvalue weighted by molar-refractivity contribution is 7.12. The van der Waals surface area contributed by atoms with Gasteiger partial charge in [-0.15, -0.1) is 11.3 Å². The summed E-state index contributed by atoms with van der Waals surface area (Å²) in [5, 5.41) is 1.29. The lowest BCUT2D eigenvalue weighted by molar-refractivity contribution is 0.343. The molecule has 1 aromatic rings. The fourth-order valence-electron chi connectivity index (χ4n) is 2.43. The predicted molar refractivity (Wildman–Crippen MR) is 85.5 cm³/mol. The van der Waals surface area contributed by atoms with Gasteiger partial charge in [-0.3, -0.25) is 0 Å². The van der Waals surface area contributed by atoms with Crippen molar-refractivity contribution in [3.63, 3.8) is 0 Å². The van der Waals surface area contributed by atoms with Crippen molar-refractivity contribution in [1.82, 2.24) is 9.88 Å². The lowest BCUT2D eigenvalue weighted by atomic mass is 10.3. The monoisotopic (exact) mass is 276 g/mol. The molecule has 2 heterocycles. The Bertz CT molecular complexity index is 410. The summed E-state index contributed by atoms with van der Waals surface area (Å²) < 4.78 is 0. The minimum atomic E-state index is 1.03. The highest BCUT2D eigenvalue weighted by Crippen LogP contribution is 2.24. The van der Waals surface area contributed by atoms with Gasteiger partial charge in [-0.1, -0.05) is 26.0 Å². The average Bonchev–Trinajstić information content (AvgIpc) is 3.05. The number of likely N-dealkylation sites (tertiary alicyclic amines) is 1. The van der Waals surface area contributed by atoms with Crippen molar-refractivity contribution in [3.05, 3.63) is 27.7 Å². The van der Waals surface area contributed by atoms with Crippen LogP contribution in [0.4, 0.5) is 0 Å². The van der Waals surface area contributed by atoms with Gasteiger partial charge in [-0.05, 0) is 44.5 Å². The van der Waals surface area contributed by atoms with Crippen molar-refractivity contribution >= 4 is 23.5 Å². The molecule has 104 valence electrons. The summed E-state index contributed by atoms with van der Waals surface area (Å²) in [6.07, 6.45) is 13.7. The van der Waals surface area contributed by atoms with E-state index in [9.17, 15) is 0 Å². The number of rotatable bonds is 3. The second kappa shape index (κ2) is 7.61. The predicted octanol–water partition coefficient (Wildman–Crippen LogP) is 4.24. The molecule has 0 radical (unpaired) electrons. The molecule has 0 unspecified atom stereocenters. The Kier molecular flexibility index (Phi) is 5.80. The normalized spacial score (nSPS) is 17.8. The SMILES string of the molecule is C1=Cc2nc(CCN3CCCC3)sc2C=CC1.CC. The van der Waals surface area contributed by atoms with Gasteiger partial charge in [0.25, 0.3) is 0 Å². The summed E-state index contributed by atoms with van der Waals surface area (Å²) in [5.41, 5.74) is 1.17. The van der Waals surface area contributed by atoms with Crippen LogP contribution in [0.2, 0.25) is 0 Å². The van der Waals surface area contributed by atoms with Gasteiger partial charge in [0, 0.05) is 13.0 Å². The number of thiazole rings is 1. The summed E-state index contributed by atoms with van der Waals surface area (Å²) in [5.74, 6) is 0. The molecule has 1 fully saturated rings. The molecule has 3 heteroatoms. The van der Waals surface area contributed by atoms with E-state index in [1.165, 1.54) is 48.1 Å². The van der Waals surface area contributed by atoms with Crippen molar-refractivity contribution in [2.24, 2.45) is 0 Å². The smallest absolute Gasteiger partial charge is 0.0951 e. The molecule has 1 aromatic heterocycles. The molecule has 0 saturated carbocycles. The van der Waals surface area contributed by atoms with Gasteiger partial charge in [0.05, 0.1) is 15.6 Å². The molecule has 2 nitrogen and oxygen atoms in total. The zero-order chi connectivity index (χ0) is 13.5. The summed E-state index contributed by atoms with van der Waals surface area (Å²) in [7, 11) is 0. The zero-order valence-electron chi connectivity index (χ0n) is 12.1. The van der Waals surface area contributed by atoms with Crippen LogP contribution in [-0.4, -0.2) is 29.5 Å². The van der Waals surface area contributed by atoms with Crippen molar-refractivity contribution in [1.29, 1.82) is 0 Å².